The Balaban J connectivity index is 1.79. The van der Waals surface area contributed by atoms with Gasteiger partial charge >= 0.3 is 6.03 Å². The van der Waals surface area contributed by atoms with Gasteiger partial charge < -0.3 is 0 Å². The predicted octanol–water partition coefficient (Wildman–Crippen LogP) is 4.15. The maximum absolute atomic E-state index is 13.3. The van der Waals surface area contributed by atoms with E-state index in [-0.39, 0.29) is 28.4 Å². The number of carbonyl (C=O) groups excluding carboxylic acids is 2. The number of sulfonamides is 1. The van der Waals surface area contributed by atoms with Crippen LogP contribution in [0.15, 0.2) is 77.7 Å². The van der Waals surface area contributed by atoms with Crippen LogP contribution in [0, 0.1) is 12.7 Å². The van der Waals surface area contributed by atoms with Crippen molar-refractivity contribution in [2.75, 3.05) is 15.7 Å². The highest BCUT2D eigenvalue weighted by atomic mass is 32.2. The lowest BCUT2D eigenvalue weighted by atomic mass is 10.1. The summed E-state index contributed by atoms with van der Waals surface area (Å²) in [4.78, 5) is 27.1. The first kappa shape index (κ1) is 19.8. The number of para-hydroxylation sites is 1. The molecule has 0 saturated carbocycles. The Bertz CT molecular complexity index is 1240. The number of nitrogens with zero attached hydrogens (tertiary/aromatic N) is 2. The van der Waals surface area contributed by atoms with E-state index in [2.05, 4.69) is 0 Å². The minimum absolute atomic E-state index is 0.0721. The van der Waals surface area contributed by atoms with Gasteiger partial charge in [-0.3, -0.25) is 9.69 Å². The maximum atomic E-state index is 13.3. The standard InChI is InChI=1S/C22H17FN2O4S/c1-15-6-12-18(13-7-15)25-22(27)24(14-20(26)16-8-10-17(23)11-9-16)19-4-2-3-5-21(19)30(25,28)29/h2-13H,14H2,1H3. The topological polar surface area (TPSA) is 74.8 Å². The highest BCUT2D eigenvalue weighted by molar-refractivity contribution is 7.94. The van der Waals surface area contributed by atoms with Crippen molar-refractivity contribution in [1.82, 2.24) is 0 Å². The number of ketones is 1. The van der Waals surface area contributed by atoms with Gasteiger partial charge in [0.15, 0.2) is 5.78 Å². The van der Waals surface area contributed by atoms with E-state index in [0.29, 0.717) is 4.31 Å². The van der Waals surface area contributed by atoms with Crippen molar-refractivity contribution < 1.29 is 22.4 Å². The molecule has 6 nitrogen and oxygen atoms in total. The van der Waals surface area contributed by atoms with Gasteiger partial charge in [0.1, 0.15) is 10.7 Å². The number of Topliss-reactive ketones (excluding diaryl/α,β-unsaturated/α-hetero) is 1. The molecule has 1 heterocycles. The van der Waals surface area contributed by atoms with Crippen LogP contribution in [0.4, 0.5) is 20.6 Å². The van der Waals surface area contributed by atoms with Gasteiger partial charge in [-0.25, -0.2) is 17.6 Å². The quantitative estimate of drug-likeness (QED) is 0.590. The van der Waals surface area contributed by atoms with Gasteiger partial charge in [0, 0.05) is 5.56 Å². The molecule has 0 N–H and O–H groups in total. The molecule has 0 aromatic heterocycles. The summed E-state index contributed by atoms with van der Waals surface area (Å²) in [5, 5.41) is 0. The molecule has 0 saturated heterocycles. The molecule has 0 unspecified atom stereocenters. The molecule has 0 radical (unpaired) electrons. The Kier molecular flexibility index (Phi) is 4.87. The van der Waals surface area contributed by atoms with Crippen molar-refractivity contribution in [3.05, 3.63) is 89.7 Å². The molecule has 0 aliphatic carbocycles. The summed E-state index contributed by atoms with van der Waals surface area (Å²) < 4.78 is 40.3. The van der Waals surface area contributed by atoms with E-state index in [1.54, 1.807) is 36.4 Å². The predicted molar refractivity (Wildman–Crippen MR) is 111 cm³/mol. The van der Waals surface area contributed by atoms with Gasteiger partial charge in [0.2, 0.25) is 0 Å². The number of amides is 2. The van der Waals surface area contributed by atoms with Crippen molar-refractivity contribution in [2.24, 2.45) is 0 Å². The third kappa shape index (κ3) is 3.35. The molecule has 0 fully saturated rings. The fourth-order valence-corrected chi connectivity index (χ4v) is 4.86. The second-order valence-electron chi connectivity index (χ2n) is 6.87. The molecule has 3 aromatic rings. The first-order chi connectivity index (χ1) is 14.3. The van der Waals surface area contributed by atoms with Crippen LogP contribution in [0.5, 0.6) is 0 Å². The number of rotatable bonds is 4. The number of anilines is 2. The maximum Gasteiger partial charge on any atom is 0.343 e. The lowest BCUT2D eigenvalue weighted by molar-refractivity contribution is 0.0999. The van der Waals surface area contributed by atoms with Crippen LogP contribution in [0.3, 0.4) is 0 Å². The number of hydrogen-bond acceptors (Lipinski definition) is 4. The smallest absolute Gasteiger partial charge is 0.292 e. The monoisotopic (exact) mass is 424 g/mol. The second-order valence-corrected chi connectivity index (χ2v) is 8.63. The zero-order chi connectivity index (χ0) is 21.5. The fourth-order valence-electron chi connectivity index (χ4n) is 3.26. The van der Waals surface area contributed by atoms with Gasteiger partial charge in [-0.15, -0.1) is 0 Å². The molecule has 3 aromatic carbocycles. The summed E-state index contributed by atoms with van der Waals surface area (Å²) >= 11 is 0. The number of halogens is 1. The normalized spacial score (nSPS) is 15.1. The number of benzene rings is 3. The minimum atomic E-state index is -4.16. The van der Waals surface area contributed by atoms with Crippen LogP contribution < -0.4 is 9.21 Å². The Hall–Kier alpha value is -3.52. The summed E-state index contributed by atoms with van der Waals surface area (Å²) in [6, 6.07) is 16.6. The first-order valence-corrected chi connectivity index (χ1v) is 10.5. The third-order valence-electron chi connectivity index (χ3n) is 4.82. The SMILES string of the molecule is Cc1ccc(N2C(=O)N(CC(=O)c3ccc(F)cc3)c3ccccc3S2(=O)=O)cc1. The van der Waals surface area contributed by atoms with E-state index in [1.165, 1.54) is 24.3 Å². The Morgan fingerprint density at radius 3 is 2.23 bits per heavy atom. The van der Waals surface area contributed by atoms with Crippen LogP contribution in [-0.2, 0) is 10.0 Å². The minimum Gasteiger partial charge on any atom is -0.292 e. The van der Waals surface area contributed by atoms with E-state index in [9.17, 15) is 22.4 Å². The first-order valence-electron chi connectivity index (χ1n) is 9.10. The summed E-state index contributed by atoms with van der Waals surface area (Å²) in [5.41, 5.74) is 1.43. The van der Waals surface area contributed by atoms with Crippen LogP contribution in [0.1, 0.15) is 15.9 Å². The molecule has 0 spiro atoms. The Labute approximate surface area is 173 Å². The summed E-state index contributed by atoms with van der Waals surface area (Å²) in [5.74, 6) is -0.927. The van der Waals surface area contributed by atoms with Crippen molar-refractivity contribution in [2.45, 2.75) is 11.8 Å². The fraction of sp³-hybridized carbons (Fsp3) is 0.0909. The number of fused-ring (bicyclic) bond motifs is 1. The van der Waals surface area contributed by atoms with Crippen molar-refractivity contribution in [1.29, 1.82) is 0 Å². The van der Waals surface area contributed by atoms with Crippen LogP contribution in [-0.4, -0.2) is 26.8 Å². The summed E-state index contributed by atoms with van der Waals surface area (Å²) in [7, 11) is -4.16. The summed E-state index contributed by atoms with van der Waals surface area (Å²) in [6.45, 7) is 1.46. The van der Waals surface area contributed by atoms with Crippen LogP contribution in [0.25, 0.3) is 0 Å². The van der Waals surface area contributed by atoms with Gasteiger partial charge in [0.05, 0.1) is 17.9 Å². The molecule has 8 heteroatoms. The van der Waals surface area contributed by atoms with E-state index in [0.717, 1.165) is 22.6 Å². The van der Waals surface area contributed by atoms with Gasteiger partial charge in [-0.1, -0.05) is 29.8 Å². The molecular weight excluding hydrogens is 407 g/mol. The third-order valence-corrected chi connectivity index (χ3v) is 6.56. The van der Waals surface area contributed by atoms with Crippen LogP contribution >= 0.6 is 0 Å². The molecule has 0 atom stereocenters. The average molecular weight is 424 g/mol. The zero-order valence-corrected chi connectivity index (χ0v) is 16.8. The molecule has 152 valence electrons. The van der Waals surface area contributed by atoms with E-state index in [1.807, 2.05) is 6.92 Å². The average Bonchev–Trinajstić information content (AvgIpc) is 2.73. The van der Waals surface area contributed by atoms with Gasteiger partial charge in [-0.05, 0) is 55.5 Å². The molecule has 4 rings (SSSR count). The highest BCUT2D eigenvalue weighted by Crippen LogP contribution is 2.37. The summed E-state index contributed by atoms with van der Waals surface area (Å²) in [6.07, 6.45) is 0. The number of aryl methyl sites for hydroxylation is 1. The molecule has 1 aliphatic rings. The van der Waals surface area contributed by atoms with Crippen molar-refractivity contribution >= 4 is 33.2 Å². The Morgan fingerprint density at radius 1 is 0.933 bits per heavy atom. The largest absolute Gasteiger partial charge is 0.343 e. The molecule has 0 bridgehead atoms. The Morgan fingerprint density at radius 2 is 1.57 bits per heavy atom. The molecular formula is C22H17FN2O4S. The second kappa shape index (κ2) is 7.38. The van der Waals surface area contributed by atoms with Crippen molar-refractivity contribution in [3.8, 4) is 0 Å². The molecule has 1 aliphatic heterocycles. The molecule has 30 heavy (non-hydrogen) atoms. The molecule has 2 amide bonds. The van der Waals surface area contributed by atoms with Gasteiger partial charge in [0.25, 0.3) is 10.0 Å². The highest BCUT2D eigenvalue weighted by Gasteiger charge is 2.43. The lowest BCUT2D eigenvalue weighted by Gasteiger charge is -2.35. The zero-order valence-electron chi connectivity index (χ0n) is 15.9. The van der Waals surface area contributed by atoms with E-state index >= 15 is 0 Å². The number of urea groups is 1. The van der Waals surface area contributed by atoms with Gasteiger partial charge in [-0.2, -0.15) is 4.31 Å². The van der Waals surface area contributed by atoms with E-state index < -0.39 is 27.7 Å². The van der Waals surface area contributed by atoms with Crippen LogP contribution in [0.2, 0.25) is 0 Å². The lowest BCUT2D eigenvalue weighted by Crippen LogP contribution is -2.52. The number of hydrogen-bond donors (Lipinski definition) is 0. The number of carbonyl (C=O) groups is 2. The van der Waals surface area contributed by atoms with Crippen molar-refractivity contribution in [3.63, 3.8) is 0 Å². The van der Waals surface area contributed by atoms with E-state index in [4.69, 9.17) is 0 Å².